The maximum absolute atomic E-state index is 3.59. The van der Waals surface area contributed by atoms with Crippen LogP contribution in [0.15, 0.2) is 29.6 Å². The van der Waals surface area contributed by atoms with Crippen molar-refractivity contribution in [3.63, 3.8) is 0 Å². The van der Waals surface area contributed by atoms with E-state index in [1.54, 1.807) is 0 Å². The number of aryl methyl sites for hydroxylation is 3. The van der Waals surface area contributed by atoms with Gasteiger partial charge in [0.2, 0.25) is 0 Å². The summed E-state index contributed by atoms with van der Waals surface area (Å²) in [5.74, 6) is 0. The molecule has 0 saturated carbocycles. The van der Waals surface area contributed by atoms with Gasteiger partial charge in [0.25, 0.3) is 0 Å². The second-order valence-electron chi connectivity index (χ2n) is 4.90. The molecule has 1 heterocycles. The zero-order valence-electron chi connectivity index (χ0n) is 11.6. The summed E-state index contributed by atoms with van der Waals surface area (Å²) in [5, 5.41) is 5.85. The number of rotatable bonds is 4. The van der Waals surface area contributed by atoms with Crippen LogP contribution in [0.4, 0.5) is 0 Å². The van der Waals surface area contributed by atoms with Crippen LogP contribution in [0.25, 0.3) is 0 Å². The van der Waals surface area contributed by atoms with Gasteiger partial charge in [-0.1, -0.05) is 36.2 Å². The summed E-state index contributed by atoms with van der Waals surface area (Å²) in [5.41, 5.74) is 5.41. The van der Waals surface area contributed by atoms with Crippen molar-refractivity contribution in [3.8, 4) is 0 Å². The van der Waals surface area contributed by atoms with Gasteiger partial charge in [-0.05, 0) is 49.9 Å². The zero-order valence-corrected chi connectivity index (χ0v) is 12.4. The average molecular weight is 259 g/mol. The van der Waals surface area contributed by atoms with Crippen LogP contribution in [0.5, 0.6) is 0 Å². The molecule has 0 saturated heterocycles. The largest absolute Gasteiger partial charge is 0.307 e. The van der Waals surface area contributed by atoms with Crippen molar-refractivity contribution < 1.29 is 0 Å². The van der Waals surface area contributed by atoms with Gasteiger partial charge in [0.1, 0.15) is 0 Å². The molecule has 1 aromatic carbocycles. The second-order valence-corrected chi connectivity index (χ2v) is 6.02. The molecule has 1 aromatic heterocycles. The molecule has 0 bridgehead atoms. The fourth-order valence-electron chi connectivity index (χ4n) is 2.42. The van der Waals surface area contributed by atoms with Crippen molar-refractivity contribution in [2.75, 3.05) is 6.54 Å². The summed E-state index contributed by atoms with van der Waals surface area (Å²) in [7, 11) is 0. The Hall–Kier alpha value is -1.12. The van der Waals surface area contributed by atoms with E-state index in [-0.39, 0.29) is 0 Å². The molecule has 1 N–H and O–H groups in total. The highest BCUT2D eigenvalue weighted by Gasteiger charge is 2.14. The minimum atomic E-state index is 0.318. The lowest BCUT2D eigenvalue weighted by Crippen LogP contribution is -2.21. The Morgan fingerprint density at radius 2 is 1.67 bits per heavy atom. The van der Waals surface area contributed by atoms with Crippen LogP contribution >= 0.6 is 11.3 Å². The average Bonchev–Trinajstić information content (AvgIpc) is 2.71. The SMILES string of the molecule is CCNC(c1cc(C)cc(C)c1)c1csc(C)c1. The highest BCUT2D eigenvalue weighted by Crippen LogP contribution is 2.27. The van der Waals surface area contributed by atoms with Gasteiger partial charge in [-0.2, -0.15) is 0 Å². The number of hydrogen-bond donors (Lipinski definition) is 1. The summed E-state index contributed by atoms with van der Waals surface area (Å²) in [6.07, 6.45) is 0. The molecule has 2 rings (SSSR count). The van der Waals surface area contributed by atoms with E-state index in [9.17, 15) is 0 Å². The van der Waals surface area contributed by atoms with E-state index in [1.807, 2.05) is 11.3 Å². The minimum Gasteiger partial charge on any atom is -0.307 e. The van der Waals surface area contributed by atoms with Gasteiger partial charge in [-0.25, -0.2) is 0 Å². The second kappa shape index (κ2) is 5.68. The zero-order chi connectivity index (χ0) is 13.1. The van der Waals surface area contributed by atoms with Crippen molar-refractivity contribution in [3.05, 3.63) is 56.8 Å². The highest BCUT2D eigenvalue weighted by atomic mass is 32.1. The van der Waals surface area contributed by atoms with Gasteiger partial charge >= 0.3 is 0 Å². The topological polar surface area (TPSA) is 12.0 Å². The third-order valence-electron chi connectivity index (χ3n) is 3.07. The first kappa shape index (κ1) is 13.3. The number of benzene rings is 1. The smallest absolute Gasteiger partial charge is 0.0585 e. The summed E-state index contributed by atoms with van der Waals surface area (Å²) >= 11 is 1.82. The third kappa shape index (κ3) is 3.01. The molecule has 0 aliphatic rings. The predicted molar refractivity (Wildman–Crippen MR) is 80.5 cm³/mol. The van der Waals surface area contributed by atoms with Gasteiger partial charge in [-0.15, -0.1) is 11.3 Å². The van der Waals surface area contributed by atoms with Crippen molar-refractivity contribution >= 4 is 11.3 Å². The standard InChI is InChI=1S/C16H21NS/c1-5-17-16(15-9-13(4)18-10-15)14-7-11(2)6-12(3)8-14/h6-10,16-17H,5H2,1-4H3. The number of hydrogen-bond acceptors (Lipinski definition) is 2. The van der Waals surface area contributed by atoms with Gasteiger partial charge < -0.3 is 5.32 Å². The molecule has 0 aliphatic heterocycles. The normalized spacial score (nSPS) is 12.7. The summed E-state index contributed by atoms with van der Waals surface area (Å²) in [4.78, 5) is 1.37. The van der Waals surface area contributed by atoms with Crippen LogP contribution in [-0.4, -0.2) is 6.54 Å². The van der Waals surface area contributed by atoms with Crippen molar-refractivity contribution in [1.29, 1.82) is 0 Å². The molecule has 1 nitrogen and oxygen atoms in total. The van der Waals surface area contributed by atoms with Crippen molar-refractivity contribution in [2.45, 2.75) is 33.7 Å². The van der Waals surface area contributed by atoms with E-state index in [0.29, 0.717) is 6.04 Å². The van der Waals surface area contributed by atoms with Crippen LogP contribution in [0.2, 0.25) is 0 Å². The van der Waals surface area contributed by atoms with E-state index in [0.717, 1.165) is 6.54 Å². The molecule has 0 spiro atoms. The van der Waals surface area contributed by atoms with Gasteiger partial charge in [0.05, 0.1) is 6.04 Å². The van der Waals surface area contributed by atoms with E-state index in [2.05, 4.69) is 62.7 Å². The molecule has 0 radical (unpaired) electrons. The molecular formula is C16H21NS. The molecule has 2 aromatic rings. The fraction of sp³-hybridized carbons (Fsp3) is 0.375. The van der Waals surface area contributed by atoms with E-state index >= 15 is 0 Å². The number of nitrogens with one attached hydrogen (secondary N) is 1. The summed E-state index contributed by atoms with van der Waals surface area (Å²) in [6.45, 7) is 9.64. The first-order valence-corrected chi connectivity index (χ1v) is 7.34. The molecule has 18 heavy (non-hydrogen) atoms. The van der Waals surface area contributed by atoms with Crippen molar-refractivity contribution in [2.24, 2.45) is 0 Å². The molecule has 0 amide bonds. The molecule has 96 valence electrons. The van der Waals surface area contributed by atoms with Crippen molar-refractivity contribution in [1.82, 2.24) is 5.32 Å². The lowest BCUT2D eigenvalue weighted by Gasteiger charge is -2.18. The summed E-state index contributed by atoms with van der Waals surface area (Å²) in [6, 6.07) is 9.40. The minimum absolute atomic E-state index is 0.318. The molecule has 0 aliphatic carbocycles. The molecule has 0 fully saturated rings. The fourth-order valence-corrected chi connectivity index (χ4v) is 3.15. The van der Waals surface area contributed by atoms with Crippen LogP contribution < -0.4 is 5.32 Å². The maximum atomic E-state index is 3.59. The Bertz CT molecular complexity index is 507. The monoisotopic (exact) mass is 259 g/mol. The van der Waals surface area contributed by atoms with E-state index < -0.39 is 0 Å². The Labute approximate surface area is 114 Å². The third-order valence-corrected chi connectivity index (χ3v) is 3.95. The Balaban J connectivity index is 2.40. The van der Waals surface area contributed by atoms with Crippen LogP contribution in [0, 0.1) is 20.8 Å². The Morgan fingerprint density at radius 3 is 2.17 bits per heavy atom. The van der Waals surface area contributed by atoms with Gasteiger partial charge in [0, 0.05) is 4.88 Å². The lowest BCUT2D eigenvalue weighted by molar-refractivity contribution is 0.631. The van der Waals surface area contributed by atoms with Crippen LogP contribution in [0.3, 0.4) is 0 Å². The molecule has 1 atom stereocenters. The molecule has 2 heteroatoms. The first-order valence-electron chi connectivity index (χ1n) is 6.46. The number of thiophene rings is 1. The van der Waals surface area contributed by atoms with Gasteiger partial charge in [0.15, 0.2) is 0 Å². The first-order chi connectivity index (χ1) is 8.60. The lowest BCUT2D eigenvalue weighted by atomic mass is 9.97. The van der Waals surface area contributed by atoms with E-state index in [1.165, 1.54) is 27.1 Å². The Kier molecular flexibility index (Phi) is 4.20. The highest BCUT2D eigenvalue weighted by molar-refractivity contribution is 7.10. The van der Waals surface area contributed by atoms with Crippen LogP contribution in [0.1, 0.15) is 40.1 Å². The van der Waals surface area contributed by atoms with E-state index in [4.69, 9.17) is 0 Å². The Morgan fingerprint density at radius 1 is 1.00 bits per heavy atom. The molecular weight excluding hydrogens is 238 g/mol. The van der Waals surface area contributed by atoms with Crippen LogP contribution in [-0.2, 0) is 0 Å². The predicted octanol–water partition coefficient (Wildman–Crippen LogP) is 4.37. The quantitative estimate of drug-likeness (QED) is 0.859. The molecule has 1 unspecified atom stereocenters. The summed E-state index contributed by atoms with van der Waals surface area (Å²) < 4.78 is 0. The maximum Gasteiger partial charge on any atom is 0.0585 e. The van der Waals surface area contributed by atoms with Gasteiger partial charge in [-0.3, -0.25) is 0 Å².